The molecule has 0 spiro atoms. The smallest absolute Gasteiger partial charge is 0.268 e. The van der Waals surface area contributed by atoms with Crippen LogP contribution in [0.4, 0.5) is 0 Å². The Kier molecular flexibility index (Phi) is 7.10. The number of fused-ring (bicyclic) bond motifs is 2. The van der Waals surface area contributed by atoms with Crippen molar-refractivity contribution in [3.05, 3.63) is 36.0 Å². The molecule has 5 N–H and O–H groups in total. The van der Waals surface area contributed by atoms with E-state index in [1.807, 2.05) is 52.0 Å². The molecule has 0 bridgehead atoms. The van der Waals surface area contributed by atoms with Gasteiger partial charge in [-0.05, 0) is 47.6 Å². The second-order valence-corrected chi connectivity index (χ2v) is 11.9. The van der Waals surface area contributed by atoms with Gasteiger partial charge in [-0.3, -0.25) is 19.2 Å². The number of aromatic amines is 1. The number of carbonyl (C=O) groups excluding carboxylic acids is 4. The molecular weight excluding hydrogens is 470 g/mol. The van der Waals surface area contributed by atoms with Gasteiger partial charge in [0.15, 0.2) is 0 Å². The Bertz CT molecular complexity index is 1180. The van der Waals surface area contributed by atoms with Crippen LogP contribution in [0.25, 0.3) is 10.9 Å². The van der Waals surface area contributed by atoms with Crippen LogP contribution in [0.3, 0.4) is 0 Å². The lowest BCUT2D eigenvalue weighted by Crippen LogP contribution is -2.58. The first-order chi connectivity index (χ1) is 17.3. The van der Waals surface area contributed by atoms with E-state index >= 15 is 0 Å². The number of nitrogens with one attached hydrogen (secondary N) is 3. The minimum absolute atomic E-state index is 0.0127. The molecule has 1 saturated heterocycles. The third-order valence-electron chi connectivity index (χ3n) is 8.12. The number of carbonyl (C=O) groups is 4. The van der Waals surface area contributed by atoms with E-state index < -0.39 is 24.0 Å². The summed E-state index contributed by atoms with van der Waals surface area (Å²) >= 11 is 0. The predicted octanol–water partition coefficient (Wildman–Crippen LogP) is 2.42. The number of aromatic nitrogens is 1. The van der Waals surface area contributed by atoms with Gasteiger partial charge in [0.2, 0.25) is 17.7 Å². The second kappa shape index (κ2) is 9.84. The number of piperidine rings is 1. The number of rotatable bonds is 9. The average molecular weight is 510 g/mol. The molecule has 37 heavy (non-hydrogen) atoms. The van der Waals surface area contributed by atoms with Gasteiger partial charge in [-0.2, -0.15) is 0 Å². The van der Waals surface area contributed by atoms with Crippen LogP contribution in [-0.4, -0.2) is 58.2 Å². The normalized spacial score (nSPS) is 23.6. The lowest BCUT2D eigenvalue weighted by Gasteiger charge is -2.34. The quantitative estimate of drug-likeness (QED) is 0.412. The largest absolute Gasteiger partial charge is 0.368 e. The van der Waals surface area contributed by atoms with E-state index in [4.69, 9.17) is 5.73 Å². The molecule has 4 rings (SSSR count). The molecule has 200 valence electrons. The highest BCUT2D eigenvalue weighted by Crippen LogP contribution is 2.65. The zero-order valence-corrected chi connectivity index (χ0v) is 22.5. The molecule has 9 nitrogen and oxygen atoms in total. The molecule has 1 aromatic carbocycles. The summed E-state index contributed by atoms with van der Waals surface area (Å²) in [7, 11) is 0. The average Bonchev–Trinajstić information content (AvgIpc) is 3.21. The van der Waals surface area contributed by atoms with E-state index in [0.29, 0.717) is 18.7 Å². The number of likely N-dealkylation sites (tertiary alicyclic amines) is 1. The van der Waals surface area contributed by atoms with Crippen molar-refractivity contribution in [2.45, 2.75) is 66.1 Å². The number of H-pyrrole nitrogens is 1. The highest BCUT2D eigenvalue weighted by atomic mass is 16.2. The van der Waals surface area contributed by atoms with Gasteiger partial charge in [-0.15, -0.1) is 0 Å². The van der Waals surface area contributed by atoms with E-state index in [1.165, 1.54) is 0 Å². The topological polar surface area (TPSA) is 137 Å². The minimum atomic E-state index is -0.821. The first kappa shape index (κ1) is 26.7. The number of hydrogen-bond acceptors (Lipinski definition) is 4. The first-order valence-electron chi connectivity index (χ1n) is 13.1. The Morgan fingerprint density at radius 2 is 1.78 bits per heavy atom. The fourth-order valence-corrected chi connectivity index (χ4v) is 5.94. The third kappa shape index (κ3) is 5.08. The summed E-state index contributed by atoms with van der Waals surface area (Å²) in [6, 6.07) is 7.03. The van der Waals surface area contributed by atoms with Crippen LogP contribution in [0, 0.1) is 29.1 Å². The van der Waals surface area contributed by atoms with E-state index in [9.17, 15) is 19.2 Å². The molecule has 5 atom stereocenters. The van der Waals surface area contributed by atoms with E-state index in [0.717, 1.165) is 10.9 Å². The summed E-state index contributed by atoms with van der Waals surface area (Å²) < 4.78 is 0. The van der Waals surface area contributed by atoms with Gasteiger partial charge < -0.3 is 26.3 Å². The van der Waals surface area contributed by atoms with Crippen LogP contribution in [0.1, 0.15) is 58.5 Å². The number of para-hydroxylation sites is 1. The summed E-state index contributed by atoms with van der Waals surface area (Å²) in [6.07, 6.45) is 0.435. The van der Waals surface area contributed by atoms with Gasteiger partial charge in [-0.25, -0.2) is 0 Å². The Labute approximate surface area is 217 Å². The van der Waals surface area contributed by atoms with E-state index in [2.05, 4.69) is 29.5 Å². The van der Waals surface area contributed by atoms with Crippen molar-refractivity contribution in [2.75, 3.05) is 6.54 Å². The maximum Gasteiger partial charge on any atom is 0.268 e. The van der Waals surface area contributed by atoms with Crippen molar-refractivity contribution < 1.29 is 19.2 Å². The lowest BCUT2D eigenvalue weighted by atomic mass is 9.96. The number of amides is 4. The highest BCUT2D eigenvalue weighted by molar-refractivity contribution is 6.01. The summed E-state index contributed by atoms with van der Waals surface area (Å²) in [5, 5.41) is 6.63. The first-order valence-corrected chi connectivity index (χ1v) is 13.1. The molecule has 0 radical (unpaired) electrons. The molecule has 2 fully saturated rings. The van der Waals surface area contributed by atoms with E-state index in [1.54, 1.807) is 11.0 Å². The maximum atomic E-state index is 13.9. The van der Waals surface area contributed by atoms with Gasteiger partial charge in [0.25, 0.3) is 5.91 Å². The zero-order chi connectivity index (χ0) is 27.2. The number of benzene rings is 1. The van der Waals surface area contributed by atoms with Gasteiger partial charge >= 0.3 is 0 Å². The van der Waals surface area contributed by atoms with Crippen LogP contribution in [0.15, 0.2) is 30.3 Å². The van der Waals surface area contributed by atoms with Crippen molar-refractivity contribution in [2.24, 2.45) is 34.8 Å². The van der Waals surface area contributed by atoms with Crippen LogP contribution >= 0.6 is 0 Å². The number of nitrogens with two attached hydrogens (primary N) is 1. The summed E-state index contributed by atoms with van der Waals surface area (Å²) in [5.41, 5.74) is 6.67. The van der Waals surface area contributed by atoms with Crippen molar-refractivity contribution in [1.82, 2.24) is 20.5 Å². The van der Waals surface area contributed by atoms with Crippen molar-refractivity contribution >= 4 is 34.5 Å². The highest BCUT2D eigenvalue weighted by Gasteiger charge is 2.69. The van der Waals surface area contributed by atoms with E-state index in [-0.39, 0.29) is 46.8 Å². The van der Waals surface area contributed by atoms with Crippen LogP contribution in [0.2, 0.25) is 0 Å². The van der Waals surface area contributed by atoms with Gasteiger partial charge in [0, 0.05) is 17.4 Å². The Morgan fingerprint density at radius 1 is 1.11 bits per heavy atom. The SMILES string of the molecule is CC(C)C[C@H](NC(=O)c1cc2ccccc2[nH]1)C(=O)N1C[C@H]2[C@@H]([C@H]1C(=O)N[C@H](C(N)=O)C(C)C)C2(C)C. The van der Waals surface area contributed by atoms with Crippen LogP contribution in [-0.2, 0) is 14.4 Å². The molecule has 1 aliphatic carbocycles. The number of hydrogen-bond donors (Lipinski definition) is 4. The lowest BCUT2D eigenvalue weighted by molar-refractivity contribution is -0.143. The fourth-order valence-electron chi connectivity index (χ4n) is 5.94. The molecule has 2 heterocycles. The fraction of sp³-hybridized carbons (Fsp3) is 0.571. The van der Waals surface area contributed by atoms with Crippen LogP contribution < -0.4 is 16.4 Å². The summed E-state index contributed by atoms with van der Waals surface area (Å²) in [5.74, 6) is -1.49. The number of nitrogens with zero attached hydrogens (tertiary/aromatic N) is 1. The van der Waals surface area contributed by atoms with Crippen molar-refractivity contribution in [3.8, 4) is 0 Å². The predicted molar refractivity (Wildman–Crippen MR) is 141 cm³/mol. The van der Waals surface area contributed by atoms with Gasteiger partial charge in [0.05, 0.1) is 0 Å². The van der Waals surface area contributed by atoms with Crippen LogP contribution in [0.5, 0.6) is 0 Å². The Morgan fingerprint density at radius 3 is 2.38 bits per heavy atom. The summed E-state index contributed by atoms with van der Waals surface area (Å²) in [4.78, 5) is 57.2. The monoisotopic (exact) mass is 509 g/mol. The zero-order valence-electron chi connectivity index (χ0n) is 22.5. The van der Waals surface area contributed by atoms with Crippen molar-refractivity contribution in [3.63, 3.8) is 0 Å². The number of primary amides is 1. The molecule has 2 aromatic rings. The second-order valence-electron chi connectivity index (χ2n) is 11.9. The molecule has 9 heteroatoms. The molecule has 2 aliphatic rings. The Balaban J connectivity index is 1.56. The van der Waals surface area contributed by atoms with Gasteiger partial charge in [-0.1, -0.05) is 59.7 Å². The maximum absolute atomic E-state index is 13.9. The molecule has 1 aliphatic heterocycles. The third-order valence-corrected chi connectivity index (χ3v) is 8.12. The molecular formula is C28H39N5O4. The summed E-state index contributed by atoms with van der Waals surface area (Å²) in [6.45, 7) is 12.2. The minimum Gasteiger partial charge on any atom is -0.368 e. The van der Waals surface area contributed by atoms with Crippen molar-refractivity contribution in [1.29, 1.82) is 0 Å². The molecule has 1 aromatic heterocycles. The molecule has 4 amide bonds. The van der Waals surface area contributed by atoms with Gasteiger partial charge in [0.1, 0.15) is 23.8 Å². The Hall–Kier alpha value is -3.36. The standard InChI is InChI=1S/C28H39N5O4/c1-14(2)11-20(31-25(35)19-12-16-9-7-8-10-18(16)30-19)27(37)33-13-17-21(28(17,5)6)23(33)26(36)32-22(15(3)4)24(29)34/h7-10,12,14-15,17,20-23,30H,11,13H2,1-6H3,(H2,29,34)(H,31,35)(H,32,36)/t17-,20-,21-,22-,23-/m0/s1. The molecule has 0 unspecified atom stereocenters. The molecule has 1 saturated carbocycles.